The third kappa shape index (κ3) is 2.88. The molecule has 0 radical (unpaired) electrons. The molecule has 2 rings (SSSR count). The molecule has 1 atom stereocenters. The lowest BCUT2D eigenvalue weighted by Crippen LogP contribution is -2.53. The van der Waals surface area contributed by atoms with Crippen molar-refractivity contribution in [1.29, 1.82) is 0 Å². The molecule has 0 aromatic carbocycles. The topological polar surface area (TPSA) is 71.8 Å². The molecule has 0 bridgehead atoms. The van der Waals surface area contributed by atoms with Crippen LogP contribution in [0.3, 0.4) is 0 Å². The van der Waals surface area contributed by atoms with Crippen LogP contribution >= 0.6 is 15.9 Å². The van der Waals surface area contributed by atoms with E-state index in [1.165, 1.54) is 4.90 Å². The first-order valence-electron chi connectivity index (χ1n) is 6.40. The quantitative estimate of drug-likeness (QED) is 0.906. The van der Waals surface area contributed by atoms with E-state index in [4.69, 9.17) is 4.74 Å². The van der Waals surface area contributed by atoms with Crippen LogP contribution in [0.5, 0.6) is 0 Å². The highest BCUT2D eigenvalue weighted by Gasteiger charge is 2.34. The third-order valence-corrected chi connectivity index (χ3v) is 3.70. The van der Waals surface area contributed by atoms with E-state index in [1.54, 1.807) is 6.07 Å². The number of carbonyl (C=O) groups excluding carboxylic acids is 1. The fourth-order valence-electron chi connectivity index (χ4n) is 2.24. The second-order valence-electron chi connectivity index (χ2n) is 4.97. The van der Waals surface area contributed by atoms with Crippen molar-refractivity contribution in [2.24, 2.45) is 0 Å². The highest BCUT2D eigenvalue weighted by Crippen LogP contribution is 2.22. The Bertz CT molecular complexity index is 526. The second-order valence-corrected chi connectivity index (χ2v) is 5.89. The predicted octanol–water partition coefficient (Wildman–Crippen LogP) is 1.76. The number of aliphatic carboxylic acids is 1. The van der Waals surface area contributed by atoms with Crippen molar-refractivity contribution in [3.8, 4) is 0 Å². The normalized spacial score (nSPS) is 19.4. The summed E-state index contributed by atoms with van der Waals surface area (Å²) in [5.74, 6) is -1.32. The monoisotopic (exact) mass is 344 g/mol. The summed E-state index contributed by atoms with van der Waals surface area (Å²) < 4.78 is 7.79. The van der Waals surface area contributed by atoms with Gasteiger partial charge >= 0.3 is 5.97 Å². The Morgan fingerprint density at radius 3 is 2.80 bits per heavy atom. The molecule has 7 heteroatoms. The first-order valence-corrected chi connectivity index (χ1v) is 7.20. The van der Waals surface area contributed by atoms with Crippen LogP contribution in [0, 0.1) is 0 Å². The minimum atomic E-state index is -1.04. The van der Waals surface area contributed by atoms with Crippen LogP contribution in [0.4, 0.5) is 0 Å². The molecule has 0 saturated carbocycles. The van der Waals surface area contributed by atoms with Gasteiger partial charge in [-0.25, -0.2) is 4.79 Å². The first kappa shape index (κ1) is 15.1. The van der Waals surface area contributed by atoms with Gasteiger partial charge in [-0.2, -0.15) is 0 Å². The predicted molar refractivity (Wildman–Crippen MR) is 75.8 cm³/mol. The van der Waals surface area contributed by atoms with Crippen LogP contribution in [0.2, 0.25) is 0 Å². The summed E-state index contributed by atoms with van der Waals surface area (Å²) in [6.45, 7) is 4.62. The largest absolute Gasteiger partial charge is 0.480 e. The summed E-state index contributed by atoms with van der Waals surface area (Å²) >= 11 is 3.36. The highest BCUT2D eigenvalue weighted by atomic mass is 79.9. The smallest absolute Gasteiger partial charge is 0.328 e. The van der Waals surface area contributed by atoms with Gasteiger partial charge in [0.05, 0.1) is 13.2 Å². The molecule has 6 nitrogen and oxygen atoms in total. The van der Waals surface area contributed by atoms with Gasteiger partial charge in [-0.1, -0.05) is 0 Å². The number of amides is 1. The van der Waals surface area contributed by atoms with Crippen LogP contribution in [-0.2, 0) is 9.53 Å². The molecule has 20 heavy (non-hydrogen) atoms. The average molecular weight is 345 g/mol. The van der Waals surface area contributed by atoms with Crippen molar-refractivity contribution in [1.82, 2.24) is 9.47 Å². The van der Waals surface area contributed by atoms with E-state index in [0.29, 0.717) is 12.3 Å². The SMILES string of the molecule is CC(C)n1cc(Br)cc1C(=O)N1CCOC[C@H]1C(=O)O. The van der Waals surface area contributed by atoms with E-state index in [2.05, 4.69) is 15.9 Å². The molecule has 1 aliphatic rings. The minimum absolute atomic E-state index is 0.0324. The van der Waals surface area contributed by atoms with Crippen molar-refractivity contribution in [2.45, 2.75) is 25.9 Å². The Labute approximate surface area is 125 Å². The van der Waals surface area contributed by atoms with E-state index in [-0.39, 0.29) is 25.1 Å². The maximum Gasteiger partial charge on any atom is 0.328 e. The molecule has 1 aromatic rings. The van der Waals surface area contributed by atoms with E-state index in [9.17, 15) is 14.7 Å². The van der Waals surface area contributed by atoms with Gasteiger partial charge in [-0.3, -0.25) is 4.79 Å². The number of morpholine rings is 1. The van der Waals surface area contributed by atoms with E-state index >= 15 is 0 Å². The zero-order chi connectivity index (χ0) is 14.9. The highest BCUT2D eigenvalue weighted by molar-refractivity contribution is 9.10. The maximum absolute atomic E-state index is 12.6. The molecular formula is C13H17BrN2O4. The number of aromatic nitrogens is 1. The minimum Gasteiger partial charge on any atom is -0.480 e. The Balaban J connectivity index is 2.32. The van der Waals surface area contributed by atoms with Crippen molar-refractivity contribution >= 4 is 27.8 Å². The van der Waals surface area contributed by atoms with Gasteiger partial charge in [-0.15, -0.1) is 0 Å². The van der Waals surface area contributed by atoms with Crippen LogP contribution in [0.25, 0.3) is 0 Å². The standard InChI is InChI=1S/C13H17BrN2O4/c1-8(2)16-6-9(14)5-10(16)12(17)15-3-4-20-7-11(15)13(18)19/h5-6,8,11H,3-4,7H2,1-2H3,(H,18,19)/t11-/m0/s1. The Morgan fingerprint density at radius 2 is 2.20 bits per heavy atom. The lowest BCUT2D eigenvalue weighted by molar-refractivity contribution is -0.147. The van der Waals surface area contributed by atoms with Crippen LogP contribution < -0.4 is 0 Å². The van der Waals surface area contributed by atoms with Gasteiger partial charge < -0.3 is 19.3 Å². The third-order valence-electron chi connectivity index (χ3n) is 3.27. The number of ether oxygens (including phenoxy) is 1. The zero-order valence-corrected chi connectivity index (χ0v) is 13.0. The second kappa shape index (κ2) is 5.97. The van der Waals surface area contributed by atoms with E-state index < -0.39 is 12.0 Å². The number of hydrogen-bond donors (Lipinski definition) is 1. The molecule has 0 aliphatic carbocycles. The molecule has 1 aromatic heterocycles. The van der Waals surface area contributed by atoms with Gasteiger partial charge in [-0.05, 0) is 35.8 Å². The summed E-state index contributed by atoms with van der Waals surface area (Å²) in [6.07, 6.45) is 1.83. The molecule has 0 unspecified atom stereocenters. The van der Waals surface area contributed by atoms with Gasteiger partial charge in [0.15, 0.2) is 6.04 Å². The fraction of sp³-hybridized carbons (Fsp3) is 0.538. The molecule has 1 N–H and O–H groups in total. The number of rotatable bonds is 3. The van der Waals surface area contributed by atoms with Crippen molar-refractivity contribution in [2.75, 3.05) is 19.8 Å². The first-order chi connectivity index (χ1) is 9.41. The number of nitrogens with zero attached hydrogens (tertiary/aromatic N) is 2. The lowest BCUT2D eigenvalue weighted by Gasteiger charge is -2.33. The molecule has 1 amide bonds. The molecule has 1 fully saturated rings. The summed E-state index contributed by atoms with van der Waals surface area (Å²) in [5, 5.41) is 9.20. The molecule has 0 spiro atoms. The molecule has 110 valence electrons. The Morgan fingerprint density at radius 1 is 1.50 bits per heavy atom. The van der Waals surface area contributed by atoms with Crippen molar-refractivity contribution in [3.63, 3.8) is 0 Å². The Hall–Kier alpha value is -1.34. The molecule has 1 saturated heterocycles. The van der Waals surface area contributed by atoms with Gasteiger partial charge in [0.1, 0.15) is 5.69 Å². The molecule has 1 aliphatic heterocycles. The lowest BCUT2D eigenvalue weighted by atomic mass is 10.2. The average Bonchev–Trinajstić information content (AvgIpc) is 2.80. The number of hydrogen-bond acceptors (Lipinski definition) is 3. The van der Waals surface area contributed by atoms with E-state index in [1.807, 2.05) is 24.6 Å². The number of carbonyl (C=O) groups is 2. The van der Waals surface area contributed by atoms with Gasteiger partial charge in [0.25, 0.3) is 5.91 Å². The fourth-order valence-corrected chi connectivity index (χ4v) is 2.68. The zero-order valence-electron chi connectivity index (χ0n) is 11.4. The molecular weight excluding hydrogens is 328 g/mol. The number of carboxylic acid groups (broad SMARTS) is 1. The van der Waals surface area contributed by atoms with Gasteiger partial charge in [0, 0.05) is 23.3 Å². The molecule has 2 heterocycles. The Kier molecular flexibility index (Phi) is 4.49. The van der Waals surface area contributed by atoms with Crippen molar-refractivity contribution in [3.05, 3.63) is 22.4 Å². The van der Waals surface area contributed by atoms with Gasteiger partial charge in [0.2, 0.25) is 0 Å². The van der Waals surface area contributed by atoms with Crippen molar-refractivity contribution < 1.29 is 19.4 Å². The van der Waals surface area contributed by atoms with Crippen LogP contribution in [-0.4, -0.2) is 52.3 Å². The van der Waals surface area contributed by atoms with E-state index in [0.717, 1.165) is 4.47 Å². The summed E-state index contributed by atoms with van der Waals surface area (Å²) in [6, 6.07) is 0.909. The van der Waals surface area contributed by atoms with Crippen LogP contribution in [0.1, 0.15) is 30.4 Å². The maximum atomic E-state index is 12.6. The number of carboxylic acids is 1. The van der Waals surface area contributed by atoms with Crippen LogP contribution in [0.15, 0.2) is 16.7 Å². The summed E-state index contributed by atoms with van der Waals surface area (Å²) in [5.41, 5.74) is 0.486. The summed E-state index contributed by atoms with van der Waals surface area (Å²) in [4.78, 5) is 25.2. The number of halogens is 1. The summed E-state index contributed by atoms with van der Waals surface area (Å²) in [7, 11) is 0.